The number of nitrogens with one attached hydrogen (secondary N) is 1. The highest BCUT2D eigenvalue weighted by molar-refractivity contribution is 7.90. The highest BCUT2D eigenvalue weighted by atomic mass is 32.2. The summed E-state index contributed by atoms with van der Waals surface area (Å²) < 4.78 is 33.3. The van der Waals surface area contributed by atoms with Crippen molar-refractivity contribution in [3.05, 3.63) is 30.1 Å². The number of hydrogen-bond donors (Lipinski definition) is 5. The molecule has 1 aliphatic rings. The first-order valence-corrected chi connectivity index (χ1v) is 10.4. The van der Waals surface area contributed by atoms with Gasteiger partial charge in [0.05, 0.1) is 11.5 Å². The van der Waals surface area contributed by atoms with E-state index in [-0.39, 0.29) is 16.5 Å². The van der Waals surface area contributed by atoms with Crippen molar-refractivity contribution < 1.29 is 33.6 Å². The lowest BCUT2D eigenvalue weighted by molar-refractivity contribution is -0.233. The summed E-state index contributed by atoms with van der Waals surface area (Å²) in [5, 5.41) is 45.9. The number of ether oxygens (including phenoxy) is 1. The molecular formula is C17H23N5O7S. The van der Waals surface area contributed by atoms with Crippen molar-refractivity contribution in [2.75, 3.05) is 20.7 Å². The van der Waals surface area contributed by atoms with E-state index in [1.807, 2.05) is 0 Å². The van der Waals surface area contributed by atoms with Crippen molar-refractivity contribution in [3.63, 3.8) is 0 Å². The highest BCUT2D eigenvalue weighted by Gasteiger charge is 2.45. The van der Waals surface area contributed by atoms with Crippen molar-refractivity contribution in [2.24, 2.45) is 4.40 Å². The van der Waals surface area contributed by atoms with E-state index >= 15 is 0 Å². The first kappa shape index (κ1) is 22.3. The maximum Gasteiger partial charge on any atom is 0.283 e. The molecule has 5 atom stereocenters. The molecule has 0 radical (unpaired) electrons. The zero-order chi connectivity index (χ0) is 22.1. The zero-order valence-corrected chi connectivity index (χ0v) is 17.0. The van der Waals surface area contributed by atoms with Crippen LogP contribution in [0.15, 0.2) is 33.6 Å². The SMILES string of the molecule is CN(C)/C=N/S(=O)(=O)c1ccc(-c2n[nH]c([C@@H]3O[C@H](CO)[C@@H](O)[C@H](O)[C@H]3O)n2)cc1. The molecule has 0 bridgehead atoms. The second-order valence-corrected chi connectivity index (χ2v) is 8.61. The molecule has 1 fully saturated rings. The van der Waals surface area contributed by atoms with Crippen LogP contribution in [-0.4, -0.2) is 100 Å². The number of sulfonamides is 1. The first-order chi connectivity index (χ1) is 14.1. The van der Waals surface area contributed by atoms with Crippen molar-refractivity contribution >= 4 is 16.4 Å². The summed E-state index contributed by atoms with van der Waals surface area (Å²) in [7, 11) is -0.541. The van der Waals surface area contributed by atoms with Gasteiger partial charge in [0.25, 0.3) is 10.0 Å². The summed E-state index contributed by atoms with van der Waals surface area (Å²) >= 11 is 0. The van der Waals surface area contributed by atoms with Gasteiger partial charge < -0.3 is 30.1 Å². The molecule has 0 aliphatic carbocycles. The molecule has 164 valence electrons. The Bertz CT molecular complexity index is 990. The number of aromatic nitrogens is 3. The second kappa shape index (κ2) is 8.75. The molecule has 1 aromatic heterocycles. The fourth-order valence-electron chi connectivity index (χ4n) is 2.85. The average molecular weight is 441 g/mol. The lowest BCUT2D eigenvalue weighted by atomic mass is 9.95. The maximum atomic E-state index is 12.2. The molecule has 0 saturated carbocycles. The number of aliphatic hydroxyl groups excluding tert-OH is 4. The largest absolute Gasteiger partial charge is 0.394 e. The Hall–Kier alpha value is -2.42. The van der Waals surface area contributed by atoms with Gasteiger partial charge in [0.1, 0.15) is 36.9 Å². The van der Waals surface area contributed by atoms with Gasteiger partial charge in [0, 0.05) is 19.7 Å². The number of aliphatic hydroxyl groups is 4. The van der Waals surface area contributed by atoms with Crippen LogP contribution in [0.25, 0.3) is 11.4 Å². The van der Waals surface area contributed by atoms with Gasteiger partial charge in [-0.05, 0) is 24.3 Å². The van der Waals surface area contributed by atoms with E-state index in [0.717, 1.165) is 0 Å². The zero-order valence-electron chi connectivity index (χ0n) is 16.2. The molecule has 12 nitrogen and oxygen atoms in total. The summed E-state index contributed by atoms with van der Waals surface area (Å²) in [4.78, 5) is 5.72. The van der Waals surface area contributed by atoms with Crippen LogP contribution in [0.3, 0.4) is 0 Å². The molecule has 13 heteroatoms. The number of H-pyrrole nitrogens is 1. The number of aromatic amines is 1. The Morgan fingerprint density at radius 2 is 1.83 bits per heavy atom. The van der Waals surface area contributed by atoms with Crippen LogP contribution in [0.4, 0.5) is 0 Å². The predicted octanol–water partition coefficient (Wildman–Crippen LogP) is -1.73. The molecule has 0 spiro atoms. The van der Waals surface area contributed by atoms with Crippen molar-refractivity contribution in [3.8, 4) is 11.4 Å². The van der Waals surface area contributed by atoms with Gasteiger partial charge in [-0.25, -0.2) is 4.98 Å². The molecule has 30 heavy (non-hydrogen) atoms. The van der Waals surface area contributed by atoms with Crippen molar-refractivity contribution in [1.29, 1.82) is 0 Å². The number of benzene rings is 1. The molecule has 0 unspecified atom stereocenters. The van der Waals surface area contributed by atoms with Gasteiger partial charge in [-0.3, -0.25) is 5.10 Å². The molecule has 2 aromatic rings. The summed E-state index contributed by atoms with van der Waals surface area (Å²) in [6.07, 6.45) is -5.55. The minimum atomic E-state index is -3.84. The van der Waals surface area contributed by atoms with Gasteiger partial charge in [-0.15, -0.1) is 4.40 Å². The lowest BCUT2D eigenvalue weighted by Crippen LogP contribution is -2.55. The fraction of sp³-hybridized carbons (Fsp3) is 0.471. The molecule has 1 aliphatic heterocycles. The minimum Gasteiger partial charge on any atom is -0.394 e. The van der Waals surface area contributed by atoms with Crippen molar-refractivity contribution in [1.82, 2.24) is 20.1 Å². The fourth-order valence-corrected chi connectivity index (χ4v) is 3.77. The van der Waals surface area contributed by atoms with Gasteiger partial charge >= 0.3 is 0 Å². The Morgan fingerprint density at radius 1 is 1.17 bits per heavy atom. The Morgan fingerprint density at radius 3 is 2.43 bits per heavy atom. The molecule has 1 saturated heterocycles. The Labute approximate surface area is 172 Å². The van der Waals surface area contributed by atoms with E-state index in [1.165, 1.54) is 35.5 Å². The molecular weight excluding hydrogens is 418 g/mol. The van der Waals surface area contributed by atoms with Crippen LogP contribution in [0.5, 0.6) is 0 Å². The summed E-state index contributed by atoms with van der Waals surface area (Å²) in [5.74, 6) is 0.275. The normalized spacial score (nSPS) is 27.5. The molecule has 1 aromatic carbocycles. The lowest BCUT2D eigenvalue weighted by Gasteiger charge is -2.38. The second-order valence-electron chi connectivity index (χ2n) is 6.98. The van der Waals surface area contributed by atoms with Crippen LogP contribution in [0.1, 0.15) is 11.9 Å². The van der Waals surface area contributed by atoms with E-state index in [0.29, 0.717) is 5.56 Å². The van der Waals surface area contributed by atoms with Crippen LogP contribution in [-0.2, 0) is 14.8 Å². The molecule has 3 rings (SSSR count). The standard InChI is InChI=1S/C17H23N5O7S/c1-22(2)8-18-30(27,28)10-5-3-9(4-6-10)16-19-17(21-20-16)15-14(26)13(25)12(24)11(7-23)29-15/h3-6,8,11-15,23-26H,7H2,1-2H3,(H,19,20,21)/b18-8+/t11-,12-,13+,14-,15-/m1/s1. The van der Waals surface area contributed by atoms with Crippen LogP contribution in [0.2, 0.25) is 0 Å². The third-order valence-electron chi connectivity index (χ3n) is 4.49. The van der Waals surface area contributed by atoms with Gasteiger partial charge in [-0.1, -0.05) is 0 Å². The average Bonchev–Trinajstić information content (AvgIpc) is 3.21. The van der Waals surface area contributed by atoms with E-state index in [2.05, 4.69) is 19.6 Å². The number of nitrogens with zero attached hydrogens (tertiary/aromatic N) is 4. The molecule has 2 heterocycles. The van der Waals surface area contributed by atoms with Crippen LogP contribution in [0, 0.1) is 0 Å². The number of rotatable bonds is 6. The third-order valence-corrected chi connectivity index (χ3v) is 5.73. The topological polar surface area (TPSA) is 181 Å². The smallest absolute Gasteiger partial charge is 0.283 e. The molecule has 5 N–H and O–H groups in total. The first-order valence-electron chi connectivity index (χ1n) is 8.94. The van der Waals surface area contributed by atoms with E-state index < -0.39 is 47.2 Å². The van der Waals surface area contributed by atoms with E-state index in [4.69, 9.17) is 4.74 Å². The third kappa shape index (κ3) is 4.50. The quantitative estimate of drug-likeness (QED) is 0.255. The predicted molar refractivity (Wildman–Crippen MR) is 104 cm³/mol. The summed E-state index contributed by atoms with van der Waals surface area (Å²) in [5.41, 5.74) is 0.484. The Kier molecular flexibility index (Phi) is 6.50. The monoisotopic (exact) mass is 441 g/mol. The van der Waals surface area contributed by atoms with Crippen LogP contribution >= 0.6 is 0 Å². The van der Waals surface area contributed by atoms with Gasteiger partial charge in [0.15, 0.2) is 11.6 Å². The summed E-state index contributed by atoms with van der Waals surface area (Å²) in [6.45, 7) is -0.561. The van der Waals surface area contributed by atoms with Crippen LogP contribution < -0.4 is 0 Å². The highest BCUT2D eigenvalue weighted by Crippen LogP contribution is 2.31. The van der Waals surface area contributed by atoms with Gasteiger partial charge in [-0.2, -0.15) is 13.5 Å². The van der Waals surface area contributed by atoms with E-state index in [9.17, 15) is 28.8 Å². The number of hydrogen-bond acceptors (Lipinski definition) is 9. The van der Waals surface area contributed by atoms with Crippen molar-refractivity contribution in [2.45, 2.75) is 35.4 Å². The maximum absolute atomic E-state index is 12.2. The molecule has 0 amide bonds. The van der Waals surface area contributed by atoms with Gasteiger partial charge in [0.2, 0.25) is 0 Å². The minimum absolute atomic E-state index is 0.00552. The Balaban J connectivity index is 1.81. The van der Waals surface area contributed by atoms with E-state index in [1.54, 1.807) is 14.1 Å². The summed E-state index contributed by atoms with van der Waals surface area (Å²) in [6, 6.07) is 5.72.